The predicted molar refractivity (Wildman–Crippen MR) is 158 cm³/mol. The van der Waals surface area contributed by atoms with Gasteiger partial charge in [-0.1, -0.05) is 55.0 Å². The second-order valence-electron chi connectivity index (χ2n) is 9.83. The predicted octanol–water partition coefficient (Wildman–Crippen LogP) is 5.06. The van der Waals surface area contributed by atoms with E-state index in [1.807, 2.05) is 20.8 Å². The fourth-order valence-corrected chi connectivity index (χ4v) is 5.57. The molecule has 3 rings (SSSR count). The summed E-state index contributed by atoms with van der Waals surface area (Å²) in [4.78, 5) is 28.3. The molecule has 0 aromatic heterocycles. The summed E-state index contributed by atoms with van der Waals surface area (Å²) in [5, 5.41) is 2.86. The molecule has 0 aliphatic carbocycles. The number of amides is 2. The molecule has 1 N–H and O–H groups in total. The number of anilines is 1. The van der Waals surface area contributed by atoms with Gasteiger partial charge < -0.3 is 15.0 Å². The minimum absolute atomic E-state index is 0.00887. The van der Waals surface area contributed by atoms with Gasteiger partial charge in [0, 0.05) is 18.2 Å². The summed E-state index contributed by atoms with van der Waals surface area (Å²) in [5.41, 5.74) is 1.25. The lowest BCUT2D eigenvalue weighted by Gasteiger charge is -2.33. The number of nitrogens with zero attached hydrogens (tertiary/aromatic N) is 2. The molecule has 0 heterocycles. The second-order valence-corrected chi connectivity index (χ2v) is 11.7. The van der Waals surface area contributed by atoms with E-state index in [0.29, 0.717) is 6.42 Å². The number of aryl methyl sites for hydroxylation is 1. The highest BCUT2D eigenvalue weighted by Gasteiger charge is 2.34. The second kappa shape index (κ2) is 14.1. The van der Waals surface area contributed by atoms with Crippen LogP contribution in [0.5, 0.6) is 5.75 Å². The highest BCUT2D eigenvalue weighted by Crippen LogP contribution is 2.33. The summed E-state index contributed by atoms with van der Waals surface area (Å²) in [7, 11) is -4.26. The van der Waals surface area contributed by atoms with Crippen molar-refractivity contribution in [1.82, 2.24) is 10.2 Å². The number of para-hydroxylation sites is 2. The maximum Gasteiger partial charge on any atom is 0.264 e. The molecular weight excluding hydrogens is 545 g/mol. The van der Waals surface area contributed by atoms with E-state index in [4.69, 9.17) is 4.74 Å². The summed E-state index contributed by atoms with van der Waals surface area (Å²) in [6, 6.07) is 17.7. The van der Waals surface area contributed by atoms with E-state index >= 15 is 0 Å². The molecule has 0 aliphatic heterocycles. The molecule has 0 saturated heterocycles. The molecule has 0 bridgehead atoms. The van der Waals surface area contributed by atoms with Crippen LogP contribution in [0.4, 0.5) is 10.1 Å². The topological polar surface area (TPSA) is 96.0 Å². The van der Waals surface area contributed by atoms with Gasteiger partial charge in [0.05, 0.1) is 17.2 Å². The molecule has 0 radical (unpaired) electrons. The Kier molecular flexibility index (Phi) is 10.9. The zero-order valence-electron chi connectivity index (χ0n) is 24.1. The molecular formula is C31H38FN3O5S. The standard InChI is InChI=1S/C31H38FN3O5S/c1-6-23(4)33-31(37)24(5)34(20-25-12-8-9-13-27(25)32)30(36)21-35(28-14-10-11-15-29(28)40-7-2)41(38,39)26-18-16-22(3)17-19-26/h8-19,23-24H,6-7,20-21H2,1-5H3,(H,33,37)/t23-,24+/m1/s1. The summed E-state index contributed by atoms with van der Waals surface area (Å²) in [6.07, 6.45) is 0.677. The lowest BCUT2D eigenvalue weighted by Crippen LogP contribution is -2.52. The molecule has 8 nitrogen and oxygen atoms in total. The Morgan fingerprint density at radius 1 is 0.951 bits per heavy atom. The number of ether oxygens (including phenoxy) is 1. The summed E-state index contributed by atoms with van der Waals surface area (Å²) >= 11 is 0. The quantitative estimate of drug-likeness (QED) is 0.304. The third-order valence-electron chi connectivity index (χ3n) is 6.79. The van der Waals surface area contributed by atoms with Crippen LogP contribution in [0.1, 0.15) is 45.2 Å². The average molecular weight is 584 g/mol. The number of rotatable bonds is 13. The third-order valence-corrected chi connectivity index (χ3v) is 8.56. The molecule has 2 atom stereocenters. The number of nitrogens with one attached hydrogen (secondary N) is 1. The smallest absolute Gasteiger partial charge is 0.264 e. The molecule has 3 aromatic rings. The fraction of sp³-hybridized carbons (Fsp3) is 0.355. The minimum atomic E-state index is -4.26. The average Bonchev–Trinajstić information content (AvgIpc) is 2.95. The normalized spacial score (nSPS) is 12.7. The SMILES string of the molecule is CCOc1ccccc1N(CC(=O)N(Cc1ccccc1F)[C@@H](C)C(=O)N[C@H](C)CC)S(=O)(=O)c1ccc(C)cc1. The highest BCUT2D eigenvalue weighted by molar-refractivity contribution is 7.92. The van der Waals surface area contributed by atoms with Crippen molar-refractivity contribution >= 4 is 27.5 Å². The van der Waals surface area contributed by atoms with Gasteiger partial charge in [0.15, 0.2) is 0 Å². The number of sulfonamides is 1. The van der Waals surface area contributed by atoms with Gasteiger partial charge in [-0.25, -0.2) is 12.8 Å². The summed E-state index contributed by atoms with van der Waals surface area (Å²) < 4.78 is 49.4. The van der Waals surface area contributed by atoms with Crippen molar-refractivity contribution < 1.29 is 27.1 Å². The van der Waals surface area contributed by atoms with Gasteiger partial charge in [0.25, 0.3) is 10.0 Å². The van der Waals surface area contributed by atoms with Crippen LogP contribution in [0.3, 0.4) is 0 Å². The lowest BCUT2D eigenvalue weighted by atomic mass is 10.1. The molecule has 0 unspecified atom stereocenters. The van der Waals surface area contributed by atoms with Crippen molar-refractivity contribution in [3.8, 4) is 5.75 Å². The van der Waals surface area contributed by atoms with E-state index in [1.54, 1.807) is 56.3 Å². The first-order valence-electron chi connectivity index (χ1n) is 13.6. The van der Waals surface area contributed by atoms with Gasteiger partial charge in [0.2, 0.25) is 11.8 Å². The molecule has 0 fully saturated rings. The first kappa shape index (κ1) is 31.6. The molecule has 220 valence electrons. The molecule has 0 saturated carbocycles. The Morgan fingerprint density at radius 2 is 1.59 bits per heavy atom. The Labute approximate surface area is 242 Å². The lowest BCUT2D eigenvalue weighted by molar-refractivity contribution is -0.139. The molecule has 0 spiro atoms. The van der Waals surface area contributed by atoms with E-state index < -0.39 is 40.2 Å². The van der Waals surface area contributed by atoms with E-state index in [0.717, 1.165) is 9.87 Å². The van der Waals surface area contributed by atoms with Gasteiger partial charge >= 0.3 is 0 Å². The van der Waals surface area contributed by atoms with Crippen LogP contribution in [0.15, 0.2) is 77.7 Å². The van der Waals surface area contributed by atoms with Crippen molar-refractivity contribution in [3.05, 3.63) is 89.7 Å². The van der Waals surface area contributed by atoms with E-state index in [2.05, 4.69) is 5.32 Å². The van der Waals surface area contributed by atoms with Crippen LogP contribution < -0.4 is 14.4 Å². The number of halogens is 1. The zero-order chi connectivity index (χ0) is 30.2. The van der Waals surface area contributed by atoms with Crippen molar-refractivity contribution in [2.75, 3.05) is 17.5 Å². The molecule has 41 heavy (non-hydrogen) atoms. The largest absolute Gasteiger partial charge is 0.492 e. The Bertz CT molecular complexity index is 1450. The van der Waals surface area contributed by atoms with E-state index in [-0.39, 0.29) is 41.1 Å². The number of benzene rings is 3. The molecule has 2 amide bonds. The van der Waals surface area contributed by atoms with Crippen LogP contribution in [-0.2, 0) is 26.2 Å². The van der Waals surface area contributed by atoms with Crippen LogP contribution in [0.2, 0.25) is 0 Å². The van der Waals surface area contributed by atoms with Crippen molar-refractivity contribution in [1.29, 1.82) is 0 Å². The Balaban J connectivity index is 2.09. The fourth-order valence-electron chi connectivity index (χ4n) is 4.15. The van der Waals surface area contributed by atoms with Gasteiger partial charge in [0.1, 0.15) is 24.2 Å². The van der Waals surface area contributed by atoms with Gasteiger partial charge in [-0.2, -0.15) is 0 Å². The number of carbonyl (C=O) groups is 2. The number of hydrogen-bond donors (Lipinski definition) is 1. The number of carbonyl (C=O) groups excluding carboxylic acids is 2. The number of hydrogen-bond acceptors (Lipinski definition) is 5. The monoisotopic (exact) mass is 583 g/mol. The van der Waals surface area contributed by atoms with Crippen molar-refractivity contribution in [3.63, 3.8) is 0 Å². The van der Waals surface area contributed by atoms with Crippen molar-refractivity contribution in [2.24, 2.45) is 0 Å². The maximum atomic E-state index is 14.7. The van der Waals surface area contributed by atoms with Crippen LogP contribution in [-0.4, -0.2) is 50.4 Å². The van der Waals surface area contributed by atoms with Gasteiger partial charge in [-0.15, -0.1) is 0 Å². The van der Waals surface area contributed by atoms with Crippen molar-refractivity contribution in [2.45, 2.75) is 64.6 Å². The Morgan fingerprint density at radius 3 is 2.22 bits per heavy atom. The minimum Gasteiger partial charge on any atom is -0.492 e. The van der Waals surface area contributed by atoms with Crippen LogP contribution >= 0.6 is 0 Å². The highest BCUT2D eigenvalue weighted by atomic mass is 32.2. The maximum absolute atomic E-state index is 14.7. The molecule has 0 aliphatic rings. The van der Waals surface area contributed by atoms with Crippen LogP contribution in [0.25, 0.3) is 0 Å². The summed E-state index contributed by atoms with van der Waals surface area (Å²) in [5.74, 6) is -1.36. The van der Waals surface area contributed by atoms with Gasteiger partial charge in [-0.05, 0) is 64.4 Å². The summed E-state index contributed by atoms with van der Waals surface area (Å²) in [6.45, 7) is 8.32. The van der Waals surface area contributed by atoms with E-state index in [1.165, 1.54) is 35.2 Å². The van der Waals surface area contributed by atoms with Gasteiger partial charge in [-0.3, -0.25) is 13.9 Å². The molecule has 3 aromatic carbocycles. The van der Waals surface area contributed by atoms with E-state index in [9.17, 15) is 22.4 Å². The Hall–Kier alpha value is -3.92. The first-order chi connectivity index (χ1) is 19.5. The third kappa shape index (κ3) is 7.85. The zero-order valence-corrected chi connectivity index (χ0v) is 24.9. The molecule has 10 heteroatoms. The first-order valence-corrected chi connectivity index (χ1v) is 15.1. The van der Waals surface area contributed by atoms with Crippen LogP contribution in [0, 0.1) is 12.7 Å².